The molecule has 0 radical (unpaired) electrons. The van der Waals surface area contributed by atoms with Crippen molar-refractivity contribution >= 4 is 11.9 Å². The molecule has 172 valence electrons. The van der Waals surface area contributed by atoms with Crippen LogP contribution >= 0.6 is 0 Å². The lowest BCUT2D eigenvalue weighted by atomic mass is 9.43. The van der Waals surface area contributed by atoms with E-state index in [1.165, 1.54) is 6.92 Å². The molecule has 2 N–H and O–H groups in total. The van der Waals surface area contributed by atoms with Gasteiger partial charge in [-0.2, -0.15) is 0 Å². The molecule has 5 rings (SSSR count). The Hall–Kier alpha value is -1.40. The molecule has 4 saturated carbocycles. The Labute approximate surface area is 184 Å². The van der Waals surface area contributed by atoms with E-state index in [0.29, 0.717) is 18.3 Å². The highest BCUT2D eigenvalue weighted by Crippen LogP contribution is 2.70. The molecule has 9 atom stereocenters. The summed E-state index contributed by atoms with van der Waals surface area (Å²) in [7, 11) is 0. The molecule has 4 fully saturated rings. The van der Waals surface area contributed by atoms with Gasteiger partial charge in [0.15, 0.2) is 0 Å². The summed E-state index contributed by atoms with van der Waals surface area (Å²) in [4.78, 5) is 23.8. The molecule has 1 heterocycles. The Morgan fingerprint density at radius 3 is 2.61 bits per heavy atom. The van der Waals surface area contributed by atoms with Crippen molar-refractivity contribution in [2.24, 2.45) is 34.5 Å². The summed E-state index contributed by atoms with van der Waals surface area (Å²) < 4.78 is 11.0. The maximum Gasteiger partial charge on any atom is 0.331 e. The molecule has 0 bridgehead atoms. The highest BCUT2D eigenvalue weighted by molar-refractivity contribution is 5.85. The molecule has 0 unspecified atom stereocenters. The third-order valence-corrected chi connectivity index (χ3v) is 10.2. The van der Waals surface area contributed by atoms with Crippen molar-refractivity contribution in [3.05, 3.63) is 11.6 Å². The van der Waals surface area contributed by atoms with Gasteiger partial charge in [0.25, 0.3) is 0 Å². The number of fused-ring (bicyclic) bond motifs is 5. The summed E-state index contributed by atoms with van der Waals surface area (Å²) in [6, 6.07) is 0. The predicted molar refractivity (Wildman–Crippen MR) is 113 cm³/mol. The largest absolute Gasteiger partial charge is 0.462 e. The van der Waals surface area contributed by atoms with Crippen molar-refractivity contribution in [3.63, 3.8) is 0 Å². The fraction of sp³-hybridized carbons (Fsp3) is 0.840. The van der Waals surface area contributed by atoms with Gasteiger partial charge in [0.05, 0.1) is 11.7 Å². The second-order valence-electron chi connectivity index (χ2n) is 11.5. The van der Waals surface area contributed by atoms with E-state index >= 15 is 0 Å². The standard InChI is InChI=1S/C25H36O6/c1-14(26)31-20-12-25(29)19-5-4-16-11-17(27)6-8-23(16,2)18(19)7-9-24(25,3)22(20)15-10-21(28)30-13-15/h10,16-20,22,27,29H,4-9,11-13H2,1-3H3/t16-,17+,18-,19-,20+,22+,23+,24-,25+/m1/s1. The average Bonchev–Trinajstić information content (AvgIpc) is 3.19. The van der Waals surface area contributed by atoms with Gasteiger partial charge in [-0.1, -0.05) is 13.8 Å². The van der Waals surface area contributed by atoms with Crippen molar-refractivity contribution in [2.45, 2.75) is 89.9 Å². The van der Waals surface area contributed by atoms with Gasteiger partial charge in [-0.05, 0) is 73.7 Å². The number of carbonyl (C=O) groups excluding carboxylic acids is 2. The molecule has 0 amide bonds. The first-order chi connectivity index (χ1) is 14.6. The van der Waals surface area contributed by atoms with Crippen molar-refractivity contribution < 1.29 is 29.3 Å². The topological polar surface area (TPSA) is 93.1 Å². The van der Waals surface area contributed by atoms with Crippen LogP contribution in [0.4, 0.5) is 0 Å². The Balaban J connectivity index is 1.52. The molecule has 0 aromatic rings. The van der Waals surface area contributed by atoms with Gasteiger partial charge < -0.3 is 19.7 Å². The van der Waals surface area contributed by atoms with Gasteiger partial charge in [-0.15, -0.1) is 0 Å². The summed E-state index contributed by atoms with van der Waals surface area (Å²) in [5, 5.41) is 22.7. The Morgan fingerprint density at radius 2 is 1.94 bits per heavy atom. The molecule has 5 aliphatic rings. The maximum atomic E-state index is 12.4. The second-order valence-corrected chi connectivity index (χ2v) is 11.5. The van der Waals surface area contributed by atoms with Crippen LogP contribution in [0, 0.1) is 34.5 Å². The minimum atomic E-state index is -0.947. The van der Waals surface area contributed by atoms with Crippen molar-refractivity contribution in [3.8, 4) is 0 Å². The molecule has 31 heavy (non-hydrogen) atoms. The molecule has 0 saturated heterocycles. The normalized spacial score (nSPS) is 51.3. The lowest BCUT2D eigenvalue weighted by Gasteiger charge is -2.63. The zero-order chi connectivity index (χ0) is 22.2. The summed E-state index contributed by atoms with van der Waals surface area (Å²) in [6.07, 6.45) is 7.90. The first-order valence-electron chi connectivity index (χ1n) is 12.0. The first-order valence-corrected chi connectivity index (χ1v) is 12.0. The number of cyclic esters (lactones) is 1. The first kappa shape index (κ1) is 21.4. The smallest absolute Gasteiger partial charge is 0.331 e. The van der Waals surface area contributed by atoms with E-state index < -0.39 is 17.1 Å². The minimum Gasteiger partial charge on any atom is -0.462 e. The quantitative estimate of drug-likeness (QED) is 0.651. The summed E-state index contributed by atoms with van der Waals surface area (Å²) >= 11 is 0. The van der Waals surface area contributed by atoms with E-state index in [1.807, 2.05) is 0 Å². The van der Waals surface area contributed by atoms with Gasteiger partial charge in [-0.3, -0.25) is 4.79 Å². The number of carbonyl (C=O) groups is 2. The second kappa shape index (κ2) is 7.05. The maximum absolute atomic E-state index is 12.4. The van der Waals surface area contributed by atoms with Crippen LogP contribution in [0.25, 0.3) is 0 Å². The van der Waals surface area contributed by atoms with Crippen LogP contribution in [0.2, 0.25) is 0 Å². The monoisotopic (exact) mass is 432 g/mol. The summed E-state index contributed by atoms with van der Waals surface area (Å²) in [5.74, 6) is 0.162. The minimum absolute atomic E-state index is 0.139. The van der Waals surface area contributed by atoms with Crippen molar-refractivity contribution in [2.75, 3.05) is 6.61 Å². The Morgan fingerprint density at radius 1 is 1.16 bits per heavy atom. The molecule has 1 aliphatic heterocycles. The van der Waals surface area contributed by atoms with E-state index in [0.717, 1.165) is 50.5 Å². The van der Waals surface area contributed by atoms with Gasteiger partial charge in [-0.25, -0.2) is 4.79 Å². The summed E-state index contributed by atoms with van der Waals surface area (Å²) in [6.45, 7) is 6.16. The number of hydrogen-bond donors (Lipinski definition) is 2. The van der Waals surface area contributed by atoms with Crippen molar-refractivity contribution in [1.29, 1.82) is 0 Å². The van der Waals surface area contributed by atoms with Crippen LogP contribution < -0.4 is 0 Å². The molecule has 0 aromatic heterocycles. The third-order valence-electron chi connectivity index (χ3n) is 10.2. The number of aliphatic hydroxyl groups excluding tert-OH is 1. The summed E-state index contributed by atoms with van der Waals surface area (Å²) in [5.41, 5.74) is -0.420. The SMILES string of the molecule is CC(=O)O[C@H]1C[C@]2(O)[C@@H]3CC[C@@H]4C[C@@H](O)CC[C@]4(C)[C@@H]3CC[C@]2(C)[C@H]1C1=CC(=O)OC1. The van der Waals surface area contributed by atoms with Crippen LogP contribution in [0.1, 0.15) is 72.1 Å². The van der Waals surface area contributed by atoms with Gasteiger partial charge >= 0.3 is 11.9 Å². The molecular formula is C25H36O6. The highest BCUT2D eigenvalue weighted by atomic mass is 16.5. The van der Waals surface area contributed by atoms with Crippen LogP contribution in [-0.2, 0) is 19.1 Å². The third kappa shape index (κ3) is 2.97. The van der Waals surface area contributed by atoms with Crippen molar-refractivity contribution in [1.82, 2.24) is 0 Å². The molecule has 0 aromatic carbocycles. The van der Waals surface area contributed by atoms with Crippen LogP contribution in [0.3, 0.4) is 0 Å². The highest BCUT2D eigenvalue weighted by Gasteiger charge is 2.70. The molecule has 6 heteroatoms. The van der Waals surface area contributed by atoms with Crippen LogP contribution in [0.15, 0.2) is 11.6 Å². The van der Waals surface area contributed by atoms with Crippen LogP contribution in [0.5, 0.6) is 0 Å². The Bertz CT molecular complexity index is 821. The van der Waals surface area contributed by atoms with E-state index in [9.17, 15) is 19.8 Å². The van der Waals surface area contributed by atoms with E-state index in [-0.39, 0.29) is 41.9 Å². The fourth-order valence-corrected chi connectivity index (χ4v) is 8.76. The molecule has 0 spiro atoms. The zero-order valence-corrected chi connectivity index (χ0v) is 18.9. The lowest BCUT2D eigenvalue weighted by Crippen LogP contribution is -2.62. The van der Waals surface area contributed by atoms with Gasteiger partial charge in [0, 0.05) is 30.8 Å². The fourth-order valence-electron chi connectivity index (χ4n) is 8.76. The number of rotatable bonds is 2. The Kier molecular flexibility index (Phi) is 4.88. The van der Waals surface area contributed by atoms with E-state index in [1.54, 1.807) is 6.08 Å². The predicted octanol–water partition coefficient (Wildman–Crippen LogP) is 3.15. The number of esters is 2. The number of aliphatic hydroxyl groups is 2. The zero-order valence-electron chi connectivity index (χ0n) is 18.9. The van der Waals surface area contributed by atoms with E-state index in [4.69, 9.17) is 9.47 Å². The average molecular weight is 433 g/mol. The van der Waals surface area contributed by atoms with Crippen LogP contribution in [-0.4, -0.2) is 46.6 Å². The molecule has 4 aliphatic carbocycles. The van der Waals surface area contributed by atoms with Gasteiger partial charge in [0.2, 0.25) is 0 Å². The van der Waals surface area contributed by atoms with E-state index in [2.05, 4.69) is 13.8 Å². The number of hydrogen-bond acceptors (Lipinski definition) is 6. The molecule has 6 nitrogen and oxygen atoms in total. The number of ether oxygens (including phenoxy) is 2. The molecular weight excluding hydrogens is 396 g/mol. The van der Waals surface area contributed by atoms with Gasteiger partial charge in [0.1, 0.15) is 12.7 Å². The lowest BCUT2D eigenvalue weighted by molar-refractivity contribution is -0.208.